The first-order valence-electron chi connectivity index (χ1n) is 7.21. The SMILES string of the molecule is CN=C(NCCC(=O)OC(C)C)NCc1ccccc1C. The van der Waals surface area contributed by atoms with Crippen LogP contribution in [0.5, 0.6) is 0 Å². The lowest BCUT2D eigenvalue weighted by molar-refractivity contribution is -0.147. The van der Waals surface area contributed by atoms with E-state index in [-0.39, 0.29) is 12.1 Å². The molecular weight excluding hydrogens is 266 g/mol. The first-order chi connectivity index (χ1) is 10.0. The van der Waals surface area contributed by atoms with Gasteiger partial charge in [-0.25, -0.2) is 0 Å². The highest BCUT2D eigenvalue weighted by molar-refractivity contribution is 5.80. The Morgan fingerprint density at radius 3 is 2.62 bits per heavy atom. The monoisotopic (exact) mass is 291 g/mol. The molecule has 0 saturated heterocycles. The summed E-state index contributed by atoms with van der Waals surface area (Å²) < 4.78 is 5.07. The highest BCUT2D eigenvalue weighted by Gasteiger charge is 2.06. The van der Waals surface area contributed by atoms with E-state index in [1.54, 1.807) is 7.05 Å². The van der Waals surface area contributed by atoms with Crippen LogP contribution >= 0.6 is 0 Å². The zero-order valence-electron chi connectivity index (χ0n) is 13.3. The Bertz CT molecular complexity index is 484. The first kappa shape index (κ1) is 17.0. The topological polar surface area (TPSA) is 62.7 Å². The highest BCUT2D eigenvalue weighted by atomic mass is 16.5. The molecule has 0 saturated carbocycles. The molecule has 5 nitrogen and oxygen atoms in total. The number of ether oxygens (including phenoxy) is 1. The Labute approximate surface area is 126 Å². The second-order valence-corrected chi connectivity index (χ2v) is 5.07. The van der Waals surface area contributed by atoms with Gasteiger partial charge in [-0.1, -0.05) is 24.3 Å². The van der Waals surface area contributed by atoms with E-state index in [1.807, 2.05) is 26.0 Å². The van der Waals surface area contributed by atoms with E-state index < -0.39 is 0 Å². The van der Waals surface area contributed by atoms with Gasteiger partial charge in [0.15, 0.2) is 5.96 Å². The number of hydrogen-bond acceptors (Lipinski definition) is 3. The second-order valence-electron chi connectivity index (χ2n) is 5.07. The van der Waals surface area contributed by atoms with Crippen molar-refractivity contribution in [2.45, 2.75) is 39.8 Å². The van der Waals surface area contributed by atoms with Crippen LogP contribution in [0.4, 0.5) is 0 Å². The highest BCUT2D eigenvalue weighted by Crippen LogP contribution is 2.05. The Morgan fingerprint density at radius 1 is 1.29 bits per heavy atom. The summed E-state index contributed by atoms with van der Waals surface area (Å²) in [5, 5.41) is 6.33. The average molecular weight is 291 g/mol. The molecule has 0 atom stereocenters. The molecule has 5 heteroatoms. The maximum Gasteiger partial charge on any atom is 0.307 e. The normalized spacial score (nSPS) is 11.4. The number of carbonyl (C=O) groups is 1. The van der Waals surface area contributed by atoms with E-state index in [4.69, 9.17) is 4.74 Å². The summed E-state index contributed by atoms with van der Waals surface area (Å²) in [6.07, 6.45) is 0.250. The molecule has 0 radical (unpaired) electrons. The van der Waals surface area contributed by atoms with E-state index >= 15 is 0 Å². The molecule has 1 aromatic rings. The van der Waals surface area contributed by atoms with E-state index in [0.717, 1.165) is 0 Å². The third kappa shape index (κ3) is 6.79. The van der Waals surface area contributed by atoms with Crippen molar-refractivity contribution >= 4 is 11.9 Å². The predicted octanol–water partition coefficient (Wildman–Crippen LogP) is 2.00. The van der Waals surface area contributed by atoms with Gasteiger partial charge in [0, 0.05) is 20.1 Å². The molecule has 2 N–H and O–H groups in total. The molecule has 0 bridgehead atoms. The van der Waals surface area contributed by atoms with Crippen molar-refractivity contribution in [1.29, 1.82) is 0 Å². The van der Waals surface area contributed by atoms with E-state index in [0.29, 0.717) is 25.5 Å². The zero-order valence-corrected chi connectivity index (χ0v) is 13.3. The minimum Gasteiger partial charge on any atom is -0.463 e. The molecule has 0 spiro atoms. The minimum atomic E-state index is -0.202. The summed E-state index contributed by atoms with van der Waals surface area (Å²) in [6.45, 7) is 6.96. The van der Waals surface area contributed by atoms with Crippen LogP contribution in [-0.4, -0.2) is 31.6 Å². The second kappa shape index (κ2) is 9.00. The lowest BCUT2D eigenvalue weighted by Crippen LogP contribution is -2.38. The van der Waals surface area contributed by atoms with Crippen LogP contribution in [0.15, 0.2) is 29.3 Å². The molecule has 116 valence electrons. The number of hydrogen-bond donors (Lipinski definition) is 2. The molecule has 1 aromatic carbocycles. The van der Waals surface area contributed by atoms with Gasteiger partial charge in [-0.15, -0.1) is 0 Å². The molecule has 0 aliphatic carbocycles. The van der Waals surface area contributed by atoms with Crippen molar-refractivity contribution in [2.75, 3.05) is 13.6 Å². The van der Waals surface area contributed by atoms with Gasteiger partial charge in [0.25, 0.3) is 0 Å². The van der Waals surface area contributed by atoms with E-state index in [2.05, 4.69) is 34.7 Å². The molecule has 0 amide bonds. The van der Waals surface area contributed by atoms with Crippen molar-refractivity contribution in [3.05, 3.63) is 35.4 Å². The maximum absolute atomic E-state index is 11.4. The Kier molecular flexibility index (Phi) is 7.29. The lowest BCUT2D eigenvalue weighted by atomic mass is 10.1. The van der Waals surface area contributed by atoms with Crippen molar-refractivity contribution in [3.8, 4) is 0 Å². The number of benzene rings is 1. The molecule has 0 heterocycles. The van der Waals surface area contributed by atoms with Crippen molar-refractivity contribution < 1.29 is 9.53 Å². The van der Waals surface area contributed by atoms with Gasteiger partial charge in [-0.05, 0) is 31.9 Å². The quantitative estimate of drug-likeness (QED) is 0.478. The van der Waals surface area contributed by atoms with Crippen LogP contribution in [0, 0.1) is 6.92 Å². The molecule has 0 unspecified atom stereocenters. The van der Waals surface area contributed by atoms with Crippen LogP contribution in [0.1, 0.15) is 31.4 Å². The summed E-state index contributed by atoms with van der Waals surface area (Å²) >= 11 is 0. The van der Waals surface area contributed by atoms with Crippen molar-refractivity contribution in [3.63, 3.8) is 0 Å². The fourth-order valence-electron chi connectivity index (χ4n) is 1.81. The van der Waals surface area contributed by atoms with Crippen LogP contribution in [-0.2, 0) is 16.1 Å². The van der Waals surface area contributed by atoms with Crippen LogP contribution < -0.4 is 10.6 Å². The van der Waals surface area contributed by atoms with Gasteiger partial charge in [-0.3, -0.25) is 9.79 Å². The van der Waals surface area contributed by atoms with E-state index in [1.165, 1.54) is 11.1 Å². The Hall–Kier alpha value is -2.04. The molecule has 1 rings (SSSR count). The third-order valence-electron chi connectivity index (χ3n) is 2.92. The molecule has 0 aliphatic rings. The number of carbonyl (C=O) groups excluding carboxylic acids is 1. The number of esters is 1. The first-order valence-corrected chi connectivity index (χ1v) is 7.21. The predicted molar refractivity (Wildman–Crippen MR) is 85.2 cm³/mol. The number of nitrogens with one attached hydrogen (secondary N) is 2. The Balaban J connectivity index is 2.33. The van der Waals surface area contributed by atoms with Gasteiger partial charge < -0.3 is 15.4 Å². The fraction of sp³-hybridized carbons (Fsp3) is 0.500. The molecule has 0 aliphatic heterocycles. The van der Waals surface area contributed by atoms with Gasteiger partial charge in [0.2, 0.25) is 0 Å². The zero-order chi connectivity index (χ0) is 15.7. The van der Waals surface area contributed by atoms with Crippen LogP contribution in [0.25, 0.3) is 0 Å². The van der Waals surface area contributed by atoms with E-state index in [9.17, 15) is 4.79 Å². The maximum atomic E-state index is 11.4. The molecule has 21 heavy (non-hydrogen) atoms. The number of aliphatic imine (C=N–C) groups is 1. The largest absolute Gasteiger partial charge is 0.463 e. The van der Waals surface area contributed by atoms with Crippen LogP contribution in [0.2, 0.25) is 0 Å². The molecular formula is C16H25N3O2. The van der Waals surface area contributed by atoms with Gasteiger partial charge >= 0.3 is 5.97 Å². The Morgan fingerprint density at radius 2 is 2.00 bits per heavy atom. The minimum absolute atomic E-state index is 0.0732. The van der Waals surface area contributed by atoms with Crippen molar-refractivity contribution in [2.24, 2.45) is 4.99 Å². The number of nitrogens with zero attached hydrogens (tertiary/aromatic N) is 1. The fourth-order valence-corrected chi connectivity index (χ4v) is 1.81. The number of rotatable bonds is 6. The van der Waals surface area contributed by atoms with Gasteiger partial charge in [-0.2, -0.15) is 0 Å². The van der Waals surface area contributed by atoms with Crippen molar-refractivity contribution in [1.82, 2.24) is 10.6 Å². The molecule has 0 aromatic heterocycles. The molecule has 0 fully saturated rings. The average Bonchev–Trinajstić information content (AvgIpc) is 2.43. The summed E-state index contributed by atoms with van der Waals surface area (Å²) in [6, 6.07) is 8.19. The number of aryl methyl sites for hydroxylation is 1. The van der Waals surface area contributed by atoms with Gasteiger partial charge in [0.1, 0.15) is 0 Å². The van der Waals surface area contributed by atoms with Gasteiger partial charge in [0.05, 0.1) is 12.5 Å². The summed E-state index contributed by atoms with van der Waals surface area (Å²) in [4.78, 5) is 15.6. The van der Waals surface area contributed by atoms with Crippen LogP contribution in [0.3, 0.4) is 0 Å². The smallest absolute Gasteiger partial charge is 0.307 e. The standard InChI is InChI=1S/C16H25N3O2/c1-12(2)21-15(20)9-10-18-16(17-4)19-11-14-8-6-5-7-13(14)3/h5-8,12H,9-11H2,1-4H3,(H2,17,18,19). The third-order valence-corrected chi connectivity index (χ3v) is 2.92. The summed E-state index contributed by atoms with van der Waals surface area (Å²) in [5.41, 5.74) is 2.46. The summed E-state index contributed by atoms with van der Waals surface area (Å²) in [5.74, 6) is 0.474. The lowest BCUT2D eigenvalue weighted by Gasteiger charge is -2.13. The number of guanidine groups is 1. The summed E-state index contributed by atoms with van der Waals surface area (Å²) in [7, 11) is 1.71.